The van der Waals surface area contributed by atoms with Crippen molar-refractivity contribution in [3.05, 3.63) is 58.1 Å². The van der Waals surface area contributed by atoms with Crippen LogP contribution >= 0.6 is 0 Å². The van der Waals surface area contributed by atoms with Gasteiger partial charge in [0.05, 0.1) is 25.7 Å². The lowest BCUT2D eigenvalue weighted by molar-refractivity contribution is -0.384. The number of methoxy groups -OCH3 is 2. The van der Waals surface area contributed by atoms with Gasteiger partial charge in [-0.3, -0.25) is 10.1 Å². The predicted molar refractivity (Wildman–Crippen MR) is 99.1 cm³/mol. The van der Waals surface area contributed by atoms with Crippen molar-refractivity contribution >= 4 is 5.69 Å². The molecular weight excluding hydrogens is 336 g/mol. The van der Waals surface area contributed by atoms with Crippen LogP contribution in [0.3, 0.4) is 0 Å². The van der Waals surface area contributed by atoms with E-state index in [1.54, 1.807) is 26.4 Å². The van der Waals surface area contributed by atoms with Crippen molar-refractivity contribution in [1.82, 2.24) is 4.90 Å². The summed E-state index contributed by atoms with van der Waals surface area (Å²) in [4.78, 5) is 12.4. The molecule has 0 radical (unpaired) electrons. The molecule has 140 valence electrons. The average Bonchev–Trinajstić information content (AvgIpc) is 2.66. The first kappa shape index (κ1) is 19.5. The quantitative estimate of drug-likeness (QED) is 0.367. The molecule has 0 heterocycles. The molecule has 26 heavy (non-hydrogen) atoms. The third-order valence-corrected chi connectivity index (χ3v) is 3.93. The first-order valence-electron chi connectivity index (χ1n) is 8.30. The van der Waals surface area contributed by atoms with Crippen LogP contribution in [0.25, 0.3) is 0 Å². The zero-order chi connectivity index (χ0) is 18.9. The van der Waals surface area contributed by atoms with Crippen molar-refractivity contribution in [2.45, 2.75) is 13.0 Å². The number of hydrogen-bond donors (Lipinski definition) is 0. The Hall–Kier alpha value is -2.80. The van der Waals surface area contributed by atoms with Crippen molar-refractivity contribution in [3.63, 3.8) is 0 Å². The zero-order valence-electron chi connectivity index (χ0n) is 15.3. The number of non-ortho nitro benzene ring substituents is 1. The van der Waals surface area contributed by atoms with E-state index >= 15 is 0 Å². The summed E-state index contributed by atoms with van der Waals surface area (Å²) < 4.78 is 16.3. The molecule has 0 aromatic heterocycles. The van der Waals surface area contributed by atoms with Crippen LogP contribution in [0, 0.1) is 10.1 Å². The van der Waals surface area contributed by atoms with Crippen LogP contribution in [0.15, 0.2) is 42.5 Å². The minimum absolute atomic E-state index is 0.0607. The molecule has 0 saturated carbocycles. The fourth-order valence-corrected chi connectivity index (χ4v) is 2.54. The van der Waals surface area contributed by atoms with Gasteiger partial charge in [-0.1, -0.05) is 6.07 Å². The number of nitrogens with zero attached hydrogens (tertiary/aromatic N) is 2. The molecule has 0 aliphatic rings. The second kappa shape index (κ2) is 9.62. The molecule has 0 aliphatic carbocycles. The van der Waals surface area contributed by atoms with Crippen LogP contribution < -0.4 is 14.2 Å². The molecule has 2 aromatic rings. The number of nitro benzene ring substituents is 1. The first-order chi connectivity index (χ1) is 12.5. The first-order valence-corrected chi connectivity index (χ1v) is 8.30. The normalized spacial score (nSPS) is 10.6. The van der Waals surface area contributed by atoms with E-state index in [1.807, 2.05) is 25.2 Å². The predicted octanol–water partition coefficient (Wildman–Crippen LogP) is 3.51. The zero-order valence-corrected chi connectivity index (χ0v) is 15.3. The summed E-state index contributed by atoms with van der Waals surface area (Å²) in [5, 5.41) is 10.6. The number of nitro groups is 1. The van der Waals surface area contributed by atoms with E-state index in [0.717, 1.165) is 36.6 Å². The van der Waals surface area contributed by atoms with Crippen LogP contribution in [0.4, 0.5) is 5.69 Å². The molecule has 7 nitrogen and oxygen atoms in total. The fraction of sp³-hybridized carbons (Fsp3) is 0.368. The van der Waals surface area contributed by atoms with E-state index in [-0.39, 0.29) is 5.69 Å². The minimum atomic E-state index is -0.424. The van der Waals surface area contributed by atoms with Crippen LogP contribution in [-0.2, 0) is 6.54 Å². The van der Waals surface area contributed by atoms with E-state index in [9.17, 15) is 10.1 Å². The SMILES string of the molecule is COc1ccc(CN(C)CCCOc2ccc([N+](=O)[O-])cc2)c(OC)c1. The lowest BCUT2D eigenvalue weighted by Crippen LogP contribution is -2.21. The smallest absolute Gasteiger partial charge is 0.269 e. The summed E-state index contributed by atoms with van der Waals surface area (Å²) in [7, 11) is 5.32. The summed E-state index contributed by atoms with van der Waals surface area (Å²) in [5.41, 5.74) is 1.15. The largest absolute Gasteiger partial charge is 0.497 e. The van der Waals surface area contributed by atoms with Crippen LogP contribution in [-0.4, -0.2) is 44.2 Å². The second-order valence-corrected chi connectivity index (χ2v) is 5.87. The molecule has 0 bridgehead atoms. The summed E-state index contributed by atoms with van der Waals surface area (Å²) in [5.74, 6) is 2.21. The third kappa shape index (κ3) is 5.63. The monoisotopic (exact) mass is 360 g/mol. The molecule has 7 heteroatoms. The third-order valence-electron chi connectivity index (χ3n) is 3.93. The van der Waals surface area contributed by atoms with Crippen molar-refractivity contribution < 1.29 is 19.1 Å². The van der Waals surface area contributed by atoms with E-state index in [1.165, 1.54) is 12.1 Å². The van der Waals surface area contributed by atoms with Crippen molar-refractivity contribution in [1.29, 1.82) is 0 Å². The van der Waals surface area contributed by atoms with Gasteiger partial charge in [0.25, 0.3) is 5.69 Å². The molecule has 0 unspecified atom stereocenters. The molecule has 0 saturated heterocycles. The summed E-state index contributed by atoms with van der Waals surface area (Å²) in [6.45, 7) is 2.15. The molecule has 0 atom stereocenters. The highest BCUT2D eigenvalue weighted by atomic mass is 16.6. The van der Waals surface area contributed by atoms with Gasteiger partial charge in [0, 0.05) is 36.9 Å². The maximum Gasteiger partial charge on any atom is 0.269 e. The maximum atomic E-state index is 10.6. The van der Waals surface area contributed by atoms with Gasteiger partial charge in [0.15, 0.2) is 0 Å². The highest BCUT2D eigenvalue weighted by molar-refractivity contribution is 5.40. The Kier molecular flexibility index (Phi) is 7.23. The van der Waals surface area contributed by atoms with Gasteiger partial charge in [0.1, 0.15) is 17.2 Å². The summed E-state index contributed by atoms with van der Waals surface area (Å²) in [6, 6.07) is 11.9. The Morgan fingerprint density at radius 2 is 1.73 bits per heavy atom. The Labute approximate surface area is 153 Å². The van der Waals surface area contributed by atoms with Crippen LogP contribution in [0.1, 0.15) is 12.0 Å². The molecule has 0 spiro atoms. The molecule has 0 aliphatic heterocycles. The highest BCUT2D eigenvalue weighted by Crippen LogP contribution is 2.25. The van der Waals surface area contributed by atoms with Gasteiger partial charge >= 0.3 is 0 Å². The molecule has 2 aromatic carbocycles. The maximum absolute atomic E-state index is 10.6. The molecule has 0 N–H and O–H groups in total. The summed E-state index contributed by atoms with van der Waals surface area (Å²) >= 11 is 0. The number of hydrogen-bond acceptors (Lipinski definition) is 6. The van der Waals surface area contributed by atoms with Gasteiger partial charge in [-0.05, 0) is 31.7 Å². The molecular formula is C19H24N2O5. The lowest BCUT2D eigenvalue weighted by Gasteiger charge is -2.19. The van der Waals surface area contributed by atoms with Gasteiger partial charge < -0.3 is 19.1 Å². The standard InChI is InChI=1S/C19H24N2O5/c1-20(14-15-5-8-18(24-2)13-19(15)25-3)11-4-12-26-17-9-6-16(7-10-17)21(22)23/h5-10,13H,4,11-12,14H2,1-3H3. The van der Waals surface area contributed by atoms with E-state index in [4.69, 9.17) is 14.2 Å². The van der Waals surface area contributed by atoms with E-state index in [0.29, 0.717) is 12.4 Å². The highest BCUT2D eigenvalue weighted by Gasteiger charge is 2.08. The van der Waals surface area contributed by atoms with E-state index in [2.05, 4.69) is 4.90 Å². The lowest BCUT2D eigenvalue weighted by atomic mass is 10.1. The Morgan fingerprint density at radius 1 is 1.04 bits per heavy atom. The minimum Gasteiger partial charge on any atom is -0.497 e. The van der Waals surface area contributed by atoms with Gasteiger partial charge in [-0.25, -0.2) is 0 Å². The number of benzene rings is 2. The van der Waals surface area contributed by atoms with Crippen molar-refractivity contribution in [2.75, 3.05) is 34.4 Å². The Balaban J connectivity index is 1.76. The van der Waals surface area contributed by atoms with E-state index < -0.39 is 4.92 Å². The van der Waals surface area contributed by atoms with Gasteiger partial charge in [-0.2, -0.15) is 0 Å². The summed E-state index contributed by atoms with van der Waals surface area (Å²) in [6.07, 6.45) is 0.839. The topological polar surface area (TPSA) is 74.1 Å². The van der Waals surface area contributed by atoms with Gasteiger partial charge in [-0.15, -0.1) is 0 Å². The van der Waals surface area contributed by atoms with Gasteiger partial charge in [0.2, 0.25) is 0 Å². The number of rotatable bonds is 10. The Bertz CT molecular complexity index is 718. The number of ether oxygens (including phenoxy) is 3. The molecule has 2 rings (SSSR count). The molecule has 0 fully saturated rings. The average molecular weight is 360 g/mol. The van der Waals surface area contributed by atoms with Crippen molar-refractivity contribution in [2.24, 2.45) is 0 Å². The van der Waals surface area contributed by atoms with Crippen LogP contribution in [0.5, 0.6) is 17.2 Å². The second-order valence-electron chi connectivity index (χ2n) is 5.87. The Morgan fingerprint density at radius 3 is 2.35 bits per heavy atom. The van der Waals surface area contributed by atoms with Crippen LogP contribution in [0.2, 0.25) is 0 Å². The molecule has 0 amide bonds. The van der Waals surface area contributed by atoms with Crippen molar-refractivity contribution in [3.8, 4) is 17.2 Å². The fourth-order valence-electron chi connectivity index (χ4n) is 2.54.